The third-order valence-electron chi connectivity index (χ3n) is 3.03. The lowest BCUT2D eigenvalue weighted by atomic mass is 10.2. The maximum atomic E-state index is 12.4. The van der Waals surface area contributed by atoms with Gasteiger partial charge in [0.2, 0.25) is 0 Å². The van der Waals surface area contributed by atoms with E-state index in [1.54, 1.807) is 0 Å². The minimum atomic E-state index is -4.37. The number of hydrogen-bond donors (Lipinski definition) is 3. The van der Waals surface area contributed by atoms with Gasteiger partial charge in [-0.25, -0.2) is 0 Å². The van der Waals surface area contributed by atoms with E-state index in [-0.39, 0.29) is 42.9 Å². The highest BCUT2D eigenvalue weighted by molar-refractivity contribution is 14.0. The summed E-state index contributed by atoms with van der Waals surface area (Å²) < 4.78 is 42.5. The summed E-state index contributed by atoms with van der Waals surface area (Å²) in [6.07, 6.45) is -4.19. The van der Waals surface area contributed by atoms with Crippen LogP contribution < -0.4 is 15.4 Å². The molecule has 1 unspecified atom stereocenters. The number of nitrogens with one attached hydrogen (secondary N) is 2. The average Bonchev–Trinajstić information content (AvgIpc) is 2.51. The first-order chi connectivity index (χ1) is 10.4. The number of aliphatic imine (C=N–C) groups is 1. The zero-order chi connectivity index (χ0) is 16.0. The standard InChI is InChI=1S/C14H18F3N3O2.HI/c15-14(16,17)10-2-4-12(5-3-10)22-9-11(21)8-20-13-18-6-1-7-19-13;/h2-5,11,21H,1,6-9H2,(H2,18,19,20);1H. The van der Waals surface area contributed by atoms with Gasteiger partial charge in [0.05, 0.1) is 5.56 Å². The summed E-state index contributed by atoms with van der Waals surface area (Å²) in [5, 5.41) is 15.8. The molecule has 23 heavy (non-hydrogen) atoms. The fraction of sp³-hybridized carbons (Fsp3) is 0.500. The predicted molar refractivity (Wildman–Crippen MR) is 91.3 cm³/mol. The molecular formula is C14H19F3IN3O2. The normalized spacial score (nSPS) is 15.7. The lowest BCUT2D eigenvalue weighted by Gasteiger charge is -2.18. The molecule has 1 aliphatic heterocycles. The molecule has 0 bridgehead atoms. The van der Waals surface area contributed by atoms with E-state index in [0.717, 1.165) is 31.6 Å². The van der Waals surface area contributed by atoms with Gasteiger partial charge < -0.3 is 20.5 Å². The molecule has 9 heteroatoms. The maximum absolute atomic E-state index is 12.4. The molecule has 3 N–H and O–H groups in total. The van der Waals surface area contributed by atoms with Crippen molar-refractivity contribution in [3.05, 3.63) is 29.8 Å². The van der Waals surface area contributed by atoms with Gasteiger partial charge >= 0.3 is 6.18 Å². The van der Waals surface area contributed by atoms with Gasteiger partial charge in [0.25, 0.3) is 0 Å². The number of aliphatic hydroxyl groups is 1. The molecule has 0 aromatic heterocycles. The van der Waals surface area contributed by atoms with Crippen molar-refractivity contribution in [2.45, 2.75) is 18.7 Å². The second kappa shape index (κ2) is 9.16. The lowest BCUT2D eigenvalue weighted by Crippen LogP contribution is -2.44. The Labute approximate surface area is 149 Å². The molecule has 1 heterocycles. The maximum Gasteiger partial charge on any atom is 0.416 e. The highest BCUT2D eigenvalue weighted by atomic mass is 127. The highest BCUT2D eigenvalue weighted by Crippen LogP contribution is 2.30. The summed E-state index contributed by atoms with van der Waals surface area (Å²) >= 11 is 0. The smallest absolute Gasteiger partial charge is 0.416 e. The molecular weight excluding hydrogens is 426 g/mol. The molecule has 0 spiro atoms. The van der Waals surface area contributed by atoms with E-state index in [9.17, 15) is 18.3 Å². The van der Waals surface area contributed by atoms with Gasteiger partial charge in [0.15, 0.2) is 5.96 Å². The first-order valence-electron chi connectivity index (χ1n) is 6.95. The van der Waals surface area contributed by atoms with Crippen molar-refractivity contribution in [2.75, 3.05) is 26.2 Å². The van der Waals surface area contributed by atoms with Gasteiger partial charge in [-0.1, -0.05) is 0 Å². The van der Waals surface area contributed by atoms with E-state index in [0.29, 0.717) is 5.96 Å². The van der Waals surface area contributed by atoms with Crippen LogP contribution in [-0.4, -0.2) is 43.4 Å². The van der Waals surface area contributed by atoms with Crippen molar-refractivity contribution in [1.82, 2.24) is 10.6 Å². The van der Waals surface area contributed by atoms with Crippen LogP contribution >= 0.6 is 24.0 Å². The van der Waals surface area contributed by atoms with Gasteiger partial charge in [-0.15, -0.1) is 24.0 Å². The van der Waals surface area contributed by atoms with E-state index in [1.807, 2.05) is 0 Å². The molecule has 130 valence electrons. The van der Waals surface area contributed by atoms with E-state index >= 15 is 0 Å². The second-order valence-electron chi connectivity index (χ2n) is 4.88. The van der Waals surface area contributed by atoms with E-state index in [4.69, 9.17) is 4.74 Å². The molecule has 1 aliphatic rings. The second-order valence-corrected chi connectivity index (χ2v) is 4.88. The van der Waals surface area contributed by atoms with E-state index in [1.165, 1.54) is 12.1 Å². The topological polar surface area (TPSA) is 65.9 Å². The Bertz CT molecular complexity index is 509. The molecule has 0 saturated carbocycles. The number of alkyl halides is 3. The summed E-state index contributed by atoms with van der Waals surface area (Å²) in [6.45, 7) is 1.80. The Hall–Kier alpha value is -1.23. The Balaban J connectivity index is 0.00000264. The van der Waals surface area contributed by atoms with Gasteiger partial charge in [-0.3, -0.25) is 4.99 Å². The molecule has 0 saturated heterocycles. The van der Waals surface area contributed by atoms with Crippen molar-refractivity contribution in [1.29, 1.82) is 0 Å². The molecule has 1 atom stereocenters. The first-order valence-corrected chi connectivity index (χ1v) is 6.95. The number of ether oxygens (including phenoxy) is 1. The summed E-state index contributed by atoms with van der Waals surface area (Å²) in [5.41, 5.74) is -0.733. The van der Waals surface area contributed by atoms with Crippen molar-refractivity contribution >= 4 is 29.9 Å². The number of nitrogens with zero attached hydrogens (tertiary/aromatic N) is 1. The monoisotopic (exact) mass is 445 g/mol. The quantitative estimate of drug-likeness (QED) is 0.607. The zero-order valence-corrected chi connectivity index (χ0v) is 14.6. The van der Waals surface area contributed by atoms with Crippen LogP contribution in [0.15, 0.2) is 29.3 Å². The third-order valence-corrected chi connectivity index (χ3v) is 3.03. The van der Waals surface area contributed by atoms with Crippen LogP contribution in [0.5, 0.6) is 5.75 Å². The van der Waals surface area contributed by atoms with Crippen LogP contribution in [0, 0.1) is 0 Å². The van der Waals surface area contributed by atoms with Gasteiger partial charge in [0.1, 0.15) is 18.5 Å². The summed E-state index contributed by atoms with van der Waals surface area (Å²) in [7, 11) is 0. The Kier molecular flexibility index (Phi) is 7.89. The van der Waals surface area contributed by atoms with Gasteiger partial charge in [-0.05, 0) is 30.7 Å². The Morgan fingerprint density at radius 3 is 2.57 bits per heavy atom. The first kappa shape index (κ1) is 19.8. The van der Waals surface area contributed by atoms with Crippen molar-refractivity contribution in [3.8, 4) is 5.75 Å². The van der Waals surface area contributed by atoms with Crippen molar-refractivity contribution in [2.24, 2.45) is 4.99 Å². The molecule has 0 radical (unpaired) electrons. The third kappa shape index (κ3) is 6.81. The fourth-order valence-corrected chi connectivity index (χ4v) is 1.86. The fourth-order valence-electron chi connectivity index (χ4n) is 1.86. The summed E-state index contributed by atoms with van der Waals surface area (Å²) in [5.74, 6) is 0.917. The summed E-state index contributed by atoms with van der Waals surface area (Å²) in [4.78, 5) is 4.19. The molecule has 1 aromatic rings. The predicted octanol–water partition coefficient (Wildman–Crippen LogP) is 2.00. The number of guanidine groups is 1. The van der Waals surface area contributed by atoms with Crippen LogP contribution in [-0.2, 0) is 6.18 Å². The van der Waals surface area contributed by atoms with Crippen LogP contribution in [0.4, 0.5) is 13.2 Å². The number of halogens is 4. The number of aliphatic hydroxyl groups excluding tert-OH is 1. The van der Waals surface area contributed by atoms with Crippen LogP contribution in [0.1, 0.15) is 12.0 Å². The van der Waals surface area contributed by atoms with E-state index in [2.05, 4.69) is 15.6 Å². The average molecular weight is 445 g/mol. The molecule has 2 rings (SSSR count). The van der Waals surface area contributed by atoms with Gasteiger partial charge in [-0.2, -0.15) is 13.2 Å². The summed E-state index contributed by atoms with van der Waals surface area (Å²) in [6, 6.07) is 4.35. The minimum Gasteiger partial charge on any atom is -0.491 e. The lowest BCUT2D eigenvalue weighted by molar-refractivity contribution is -0.137. The molecule has 0 amide bonds. The van der Waals surface area contributed by atoms with E-state index < -0.39 is 17.8 Å². The van der Waals surface area contributed by atoms with Crippen molar-refractivity contribution in [3.63, 3.8) is 0 Å². The van der Waals surface area contributed by atoms with Crippen LogP contribution in [0.3, 0.4) is 0 Å². The highest BCUT2D eigenvalue weighted by Gasteiger charge is 2.30. The largest absolute Gasteiger partial charge is 0.491 e. The Morgan fingerprint density at radius 1 is 1.30 bits per heavy atom. The number of hydrogen-bond acceptors (Lipinski definition) is 5. The van der Waals surface area contributed by atoms with Crippen LogP contribution in [0.25, 0.3) is 0 Å². The minimum absolute atomic E-state index is 0. The number of rotatable bonds is 5. The molecule has 1 aromatic carbocycles. The number of benzene rings is 1. The van der Waals surface area contributed by atoms with Gasteiger partial charge in [0, 0.05) is 19.6 Å². The molecule has 0 aliphatic carbocycles. The van der Waals surface area contributed by atoms with Crippen molar-refractivity contribution < 1.29 is 23.0 Å². The van der Waals surface area contributed by atoms with Crippen LogP contribution in [0.2, 0.25) is 0 Å². The SMILES string of the molecule is I.OC(CNC1=NCCCN1)COc1ccc(C(F)(F)F)cc1. The zero-order valence-electron chi connectivity index (χ0n) is 12.3. The Morgan fingerprint density at radius 2 is 2.00 bits per heavy atom. The molecule has 0 fully saturated rings. The molecule has 5 nitrogen and oxygen atoms in total.